The van der Waals surface area contributed by atoms with Gasteiger partial charge in [0, 0.05) is 11.7 Å². The largest absolute Gasteiger partial charge is 0.462 e. The number of hydrogen-bond donors (Lipinski definition) is 1. The second-order valence-electron chi connectivity index (χ2n) is 6.08. The zero-order valence-electron chi connectivity index (χ0n) is 13.3. The molecule has 4 nitrogen and oxygen atoms in total. The van der Waals surface area contributed by atoms with Gasteiger partial charge in [0.15, 0.2) is 0 Å². The van der Waals surface area contributed by atoms with E-state index in [2.05, 4.69) is 11.9 Å². The number of piperidine rings is 1. The predicted molar refractivity (Wildman–Crippen MR) is 85.5 cm³/mol. The molecule has 0 aromatic heterocycles. The minimum Gasteiger partial charge on any atom is -0.462 e. The van der Waals surface area contributed by atoms with Crippen molar-refractivity contribution >= 4 is 11.7 Å². The van der Waals surface area contributed by atoms with E-state index in [9.17, 15) is 4.79 Å². The highest BCUT2D eigenvalue weighted by molar-refractivity contribution is 5.92. The molecule has 1 unspecified atom stereocenters. The molecule has 4 heteroatoms. The fourth-order valence-corrected chi connectivity index (χ4v) is 2.96. The van der Waals surface area contributed by atoms with E-state index in [0.29, 0.717) is 23.9 Å². The van der Waals surface area contributed by atoms with Gasteiger partial charge < -0.3 is 15.4 Å². The van der Waals surface area contributed by atoms with E-state index in [1.165, 1.54) is 19.3 Å². The van der Waals surface area contributed by atoms with Crippen LogP contribution in [0.25, 0.3) is 0 Å². The maximum atomic E-state index is 12.2. The highest BCUT2D eigenvalue weighted by Gasteiger charge is 2.19. The monoisotopic (exact) mass is 290 g/mol. The van der Waals surface area contributed by atoms with Gasteiger partial charge in [-0.05, 0) is 63.9 Å². The first-order valence-corrected chi connectivity index (χ1v) is 7.73. The maximum Gasteiger partial charge on any atom is 0.338 e. The highest BCUT2D eigenvalue weighted by atomic mass is 16.5. The number of ether oxygens (including phenoxy) is 1. The van der Waals surface area contributed by atoms with E-state index in [-0.39, 0.29) is 5.97 Å². The summed E-state index contributed by atoms with van der Waals surface area (Å²) < 4.78 is 5.43. The van der Waals surface area contributed by atoms with Gasteiger partial charge in [-0.25, -0.2) is 4.79 Å². The van der Waals surface area contributed by atoms with Gasteiger partial charge in [-0.2, -0.15) is 0 Å². The molecule has 1 aromatic carbocycles. The second-order valence-corrected chi connectivity index (χ2v) is 6.08. The summed E-state index contributed by atoms with van der Waals surface area (Å²) in [6, 6.07) is 4.19. The van der Waals surface area contributed by atoms with Crippen LogP contribution in [-0.4, -0.2) is 37.1 Å². The number of carbonyl (C=O) groups excluding carboxylic acids is 1. The molecule has 2 N–H and O–H groups in total. The van der Waals surface area contributed by atoms with Crippen molar-refractivity contribution < 1.29 is 9.53 Å². The van der Waals surface area contributed by atoms with Crippen molar-refractivity contribution in [2.24, 2.45) is 0 Å². The minimum atomic E-state index is -0.266. The van der Waals surface area contributed by atoms with Gasteiger partial charge in [0.25, 0.3) is 0 Å². The van der Waals surface area contributed by atoms with Crippen molar-refractivity contribution in [2.75, 3.05) is 25.9 Å². The molecule has 1 atom stereocenters. The van der Waals surface area contributed by atoms with E-state index in [1.54, 1.807) is 6.07 Å². The van der Waals surface area contributed by atoms with Crippen LogP contribution < -0.4 is 5.73 Å². The summed E-state index contributed by atoms with van der Waals surface area (Å²) in [4.78, 5) is 14.5. The van der Waals surface area contributed by atoms with Gasteiger partial charge >= 0.3 is 5.97 Å². The Kier molecular flexibility index (Phi) is 5.23. The van der Waals surface area contributed by atoms with Crippen molar-refractivity contribution in [1.29, 1.82) is 0 Å². The number of nitrogens with zero attached hydrogens (tertiary/aromatic N) is 1. The SMILES string of the molecule is Cc1cc(C)c(C(=O)OCCC2CCCCN2C)cc1N. The van der Waals surface area contributed by atoms with Gasteiger partial charge in [0.05, 0.1) is 12.2 Å². The third kappa shape index (κ3) is 3.97. The number of aryl methyl sites for hydroxylation is 2. The number of rotatable bonds is 4. The van der Waals surface area contributed by atoms with Crippen molar-refractivity contribution in [3.63, 3.8) is 0 Å². The summed E-state index contributed by atoms with van der Waals surface area (Å²) in [6.07, 6.45) is 4.65. The van der Waals surface area contributed by atoms with E-state index >= 15 is 0 Å². The molecule has 0 amide bonds. The van der Waals surface area contributed by atoms with E-state index < -0.39 is 0 Å². The smallest absolute Gasteiger partial charge is 0.338 e. The number of esters is 1. The normalized spacial score (nSPS) is 19.5. The number of nitrogens with two attached hydrogens (primary N) is 1. The minimum absolute atomic E-state index is 0.266. The molecule has 0 aliphatic carbocycles. The number of benzene rings is 1. The van der Waals surface area contributed by atoms with Crippen molar-refractivity contribution in [1.82, 2.24) is 4.90 Å². The Morgan fingerprint density at radius 2 is 2.10 bits per heavy atom. The van der Waals surface area contributed by atoms with E-state index in [0.717, 1.165) is 24.1 Å². The average Bonchev–Trinajstić information content (AvgIpc) is 2.44. The molecule has 116 valence electrons. The standard InChI is InChI=1S/C17H26N2O2/c1-12-10-13(2)16(18)11-15(12)17(20)21-9-7-14-6-4-5-8-19(14)3/h10-11,14H,4-9,18H2,1-3H3. The van der Waals surface area contributed by atoms with Crippen LogP contribution in [0.4, 0.5) is 5.69 Å². The quantitative estimate of drug-likeness (QED) is 0.684. The molecule has 21 heavy (non-hydrogen) atoms. The van der Waals surface area contributed by atoms with Crippen molar-refractivity contribution in [3.8, 4) is 0 Å². The lowest BCUT2D eigenvalue weighted by atomic mass is 10.0. The molecular formula is C17H26N2O2. The van der Waals surface area contributed by atoms with Crippen LogP contribution in [-0.2, 0) is 4.74 Å². The third-order valence-corrected chi connectivity index (χ3v) is 4.44. The van der Waals surface area contributed by atoms with Gasteiger partial charge in [-0.3, -0.25) is 0 Å². The summed E-state index contributed by atoms with van der Waals surface area (Å²) in [6.45, 7) is 5.47. The van der Waals surface area contributed by atoms with Crippen molar-refractivity contribution in [2.45, 2.75) is 45.6 Å². The van der Waals surface area contributed by atoms with E-state index in [1.807, 2.05) is 19.9 Å². The van der Waals surface area contributed by atoms with Gasteiger partial charge in [0.2, 0.25) is 0 Å². The summed E-state index contributed by atoms with van der Waals surface area (Å²) in [5, 5.41) is 0. The van der Waals surface area contributed by atoms with Crippen LogP contribution in [0.3, 0.4) is 0 Å². The van der Waals surface area contributed by atoms with Crippen LogP contribution in [0, 0.1) is 13.8 Å². The first-order valence-electron chi connectivity index (χ1n) is 7.73. The van der Waals surface area contributed by atoms with Gasteiger partial charge in [-0.1, -0.05) is 12.5 Å². The van der Waals surface area contributed by atoms with Gasteiger partial charge in [0.1, 0.15) is 0 Å². The lowest BCUT2D eigenvalue weighted by Crippen LogP contribution is -2.37. The number of anilines is 1. The molecule has 0 spiro atoms. The van der Waals surface area contributed by atoms with E-state index in [4.69, 9.17) is 10.5 Å². The molecule has 1 aliphatic heterocycles. The number of carbonyl (C=O) groups is 1. The molecule has 1 saturated heterocycles. The average molecular weight is 290 g/mol. The fourth-order valence-electron chi connectivity index (χ4n) is 2.96. The Morgan fingerprint density at radius 3 is 2.81 bits per heavy atom. The summed E-state index contributed by atoms with van der Waals surface area (Å²) in [5.41, 5.74) is 9.01. The lowest BCUT2D eigenvalue weighted by Gasteiger charge is -2.32. The fraction of sp³-hybridized carbons (Fsp3) is 0.588. The summed E-state index contributed by atoms with van der Waals surface area (Å²) in [5.74, 6) is -0.266. The zero-order chi connectivity index (χ0) is 15.4. The number of likely N-dealkylation sites (tertiary alicyclic amines) is 1. The maximum absolute atomic E-state index is 12.2. The first-order chi connectivity index (χ1) is 9.99. The van der Waals surface area contributed by atoms with Crippen LogP contribution in [0.15, 0.2) is 12.1 Å². The van der Waals surface area contributed by atoms with Crippen molar-refractivity contribution in [3.05, 3.63) is 28.8 Å². The predicted octanol–water partition coefficient (Wildman–Crippen LogP) is 2.92. The Morgan fingerprint density at radius 1 is 1.33 bits per heavy atom. The Bertz CT molecular complexity index is 514. The molecule has 1 heterocycles. The number of nitrogen functional groups attached to an aromatic ring is 1. The lowest BCUT2D eigenvalue weighted by molar-refractivity contribution is 0.0449. The molecule has 1 aromatic rings. The van der Waals surface area contributed by atoms with Crippen LogP contribution in [0.1, 0.15) is 47.2 Å². The Labute approximate surface area is 127 Å². The molecular weight excluding hydrogens is 264 g/mol. The van der Waals surface area contributed by atoms with Crippen LogP contribution >= 0.6 is 0 Å². The zero-order valence-corrected chi connectivity index (χ0v) is 13.3. The number of hydrogen-bond acceptors (Lipinski definition) is 4. The molecule has 1 aliphatic rings. The highest BCUT2D eigenvalue weighted by Crippen LogP contribution is 2.20. The van der Waals surface area contributed by atoms with Crippen LogP contribution in [0.2, 0.25) is 0 Å². The topological polar surface area (TPSA) is 55.6 Å². The molecule has 0 bridgehead atoms. The summed E-state index contributed by atoms with van der Waals surface area (Å²) in [7, 11) is 2.15. The second kappa shape index (κ2) is 6.94. The molecule has 1 fully saturated rings. The molecule has 2 rings (SSSR count). The van der Waals surface area contributed by atoms with Gasteiger partial charge in [-0.15, -0.1) is 0 Å². The third-order valence-electron chi connectivity index (χ3n) is 4.44. The first kappa shape index (κ1) is 15.8. The Hall–Kier alpha value is -1.55. The Balaban J connectivity index is 1.88. The molecule has 0 radical (unpaired) electrons. The summed E-state index contributed by atoms with van der Waals surface area (Å²) >= 11 is 0. The van der Waals surface area contributed by atoms with Crippen LogP contribution in [0.5, 0.6) is 0 Å². The molecule has 0 saturated carbocycles.